The number of methoxy groups -OCH3 is 3. The van der Waals surface area contributed by atoms with Gasteiger partial charge in [0.05, 0.1) is 33.0 Å². The smallest absolute Gasteiger partial charge is 0.258 e. The second-order valence-electron chi connectivity index (χ2n) is 6.46. The van der Waals surface area contributed by atoms with Crippen LogP contribution in [0.4, 0.5) is 0 Å². The molecule has 2 saturated heterocycles. The first kappa shape index (κ1) is 16.9. The zero-order chi connectivity index (χ0) is 17.3. The first-order valence-electron chi connectivity index (χ1n) is 8.40. The largest absolute Gasteiger partial charge is 0.493 e. The van der Waals surface area contributed by atoms with Gasteiger partial charge in [0, 0.05) is 12.1 Å². The Balaban J connectivity index is 1.98. The molecule has 0 radical (unpaired) electrons. The SMILES string of the molecule is COc1ccc(C(=O)N2[C@@H]3CCC[C@H]2CC(O)C3)c(OC)c1OC. The minimum Gasteiger partial charge on any atom is -0.493 e. The normalized spacial score (nSPS) is 26.0. The fraction of sp³-hybridized carbons (Fsp3) is 0.611. The van der Waals surface area contributed by atoms with E-state index in [1.54, 1.807) is 19.2 Å². The lowest BCUT2D eigenvalue weighted by molar-refractivity contribution is -0.0152. The van der Waals surface area contributed by atoms with Crippen LogP contribution in [0, 0.1) is 0 Å². The number of fused-ring (bicyclic) bond motifs is 2. The summed E-state index contributed by atoms with van der Waals surface area (Å²) >= 11 is 0. The molecule has 2 aliphatic heterocycles. The van der Waals surface area contributed by atoms with Crippen LogP contribution in [0.5, 0.6) is 17.2 Å². The third-order valence-electron chi connectivity index (χ3n) is 5.12. The number of hydrogen-bond donors (Lipinski definition) is 1. The molecule has 132 valence electrons. The Morgan fingerprint density at radius 1 is 1.04 bits per heavy atom. The van der Waals surface area contributed by atoms with Gasteiger partial charge in [-0.2, -0.15) is 0 Å². The van der Waals surface area contributed by atoms with Crippen LogP contribution in [0.15, 0.2) is 12.1 Å². The topological polar surface area (TPSA) is 68.2 Å². The predicted octanol–water partition coefficient (Wildman–Crippen LogP) is 2.23. The molecule has 0 saturated carbocycles. The maximum atomic E-state index is 13.2. The van der Waals surface area contributed by atoms with Gasteiger partial charge in [-0.3, -0.25) is 4.79 Å². The zero-order valence-corrected chi connectivity index (χ0v) is 14.4. The lowest BCUT2D eigenvalue weighted by Crippen LogP contribution is -2.55. The van der Waals surface area contributed by atoms with Gasteiger partial charge in [-0.25, -0.2) is 0 Å². The number of carbonyl (C=O) groups excluding carboxylic acids is 1. The van der Waals surface area contributed by atoms with Crippen LogP contribution in [0.25, 0.3) is 0 Å². The molecule has 2 heterocycles. The first-order chi connectivity index (χ1) is 11.6. The molecule has 1 amide bonds. The van der Waals surface area contributed by atoms with Crippen LogP contribution in [0.1, 0.15) is 42.5 Å². The van der Waals surface area contributed by atoms with E-state index in [1.165, 1.54) is 14.2 Å². The summed E-state index contributed by atoms with van der Waals surface area (Å²) in [7, 11) is 4.60. The van der Waals surface area contributed by atoms with Crippen molar-refractivity contribution in [2.75, 3.05) is 21.3 Å². The fourth-order valence-corrected chi connectivity index (χ4v) is 4.09. The summed E-state index contributed by atoms with van der Waals surface area (Å²) in [5, 5.41) is 10.0. The van der Waals surface area contributed by atoms with Crippen LogP contribution in [-0.2, 0) is 0 Å². The van der Waals surface area contributed by atoms with Crippen LogP contribution < -0.4 is 14.2 Å². The summed E-state index contributed by atoms with van der Waals surface area (Å²) in [6.45, 7) is 0. The van der Waals surface area contributed by atoms with Gasteiger partial charge in [-0.1, -0.05) is 0 Å². The number of aliphatic hydroxyl groups excluding tert-OH is 1. The molecule has 1 N–H and O–H groups in total. The highest BCUT2D eigenvalue weighted by atomic mass is 16.5. The number of benzene rings is 1. The Kier molecular flexibility index (Phi) is 4.85. The molecule has 2 bridgehead atoms. The standard InChI is InChI=1S/C18H25NO5/c1-22-15-8-7-14(16(23-2)17(15)24-3)18(21)19-11-5-4-6-12(19)10-13(20)9-11/h7-8,11-13,20H,4-6,9-10H2,1-3H3/t11-,12+,13?. The minimum absolute atomic E-state index is 0.0607. The van der Waals surface area contributed by atoms with E-state index < -0.39 is 0 Å². The molecule has 0 aliphatic carbocycles. The summed E-state index contributed by atoms with van der Waals surface area (Å²) in [4.78, 5) is 15.2. The molecule has 1 unspecified atom stereocenters. The van der Waals surface area contributed by atoms with Gasteiger partial charge < -0.3 is 24.2 Å². The van der Waals surface area contributed by atoms with E-state index in [1.807, 2.05) is 4.90 Å². The van der Waals surface area contributed by atoms with Gasteiger partial charge in [0.2, 0.25) is 5.75 Å². The molecule has 2 aliphatic rings. The number of piperidine rings is 2. The third-order valence-corrected chi connectivity index (χ3v) is 5.12. The van der Waals surface area contributed by atoms with Crippen molar-refractivity contribution in [2.24, 2.45) is 0 Å². The van der Waals surface area contributed by atoms with E-state index in [-0.39, 0.29) is 24.1 Å². The molecule has 3 rings (SSSR count). The Bertz CT molecular complexity index is 604. The summed E-state index contributed by atoms with van der Waals surface area (Å²) in [5.74, 6) is 1.29. The Morgan fingerprint density at radius 2 is 1.67 bits per heavy atom. The Labute approximate surface area is 142 Å². The fourth-order valence-electron chi connectivity index (χ4n) is 4.09. The van der Waals surface area contributed by atoms with Crippen LogP contribution in [0.3, 0.4) is 0 Å². The van der Waals surface area contributed by atoms with Crippen molar-refractivity contribution < 1.29 is 24.1 Å². The molecule has 6 heteroatoms. The van der Waals surface area contributed by atoms with Gasteiger partial charge in [-0.05, 0) is 44.2 Å². The lowest BCUT2D eigenvalue weighted by atomic mass is 9.82. The van der Waals surface area contributed by atoms with Crippen LogP contribution >= 0.6 is 0 Å². The Hall–Kier alpha value is -1.95. The number of carbonyl (C=O) groups is 1. The maximum Gasteiger partial charge on any atom is 0.258 e. The number of ether oxygens (including phenoxy) is 3. The summed E-state index contributed by atoms with van der Waals surface area (Å²) in [6, 6.07) is 3.64. The van der Waals surface area contributed by atoms with Crippen molar-refractivity contribution in [3.63, 3.8) is 0 Å². The summed E-state index contributed by atoms with van der Waals surface area (Å²) in [6.07, 6.45) is 3.98. The van der Waals surface area contributed by atoms with Gasteiger partial charge in [0.15, 0.2) is 11.5 Å². The number of aliphatic hydroxyl groups is 1. The van der Waals surface area contributed by atoms with E-state index >= 15 is 0 Å². The average molecular weight is 335 g/mol. The second-order valence-corrected chi connectivity index (χ2v) is 6.46. The monoisotopic (exact) mass is 335 g/mol. The first-order valence-corrected chi connectivity index (χ1v) is 8.40. The van der Waals surface area contributed by atoms with Crippen LogP contribution in [-0.4, -0.2) is 55.4 Å². The van der Waals surface area contributed by atoms with Crippen molar-refractivity contribution >= 4 is 5.91 Å². The molecular weight excluding hydrogens is 310 g/mol. The van der Waals surface area contributed by atoms with Crippen molar-refractivity contribution in [3.8, 4) is 17.2 Å². The van der Waals surface area contributed by atoms with Crippen molar-refractivity contribution in [3.05, 3.63) is 17.7 Å². The maximum absolute atomic E-state index is 13.2. The zero-order valence-electron chi connectivity index (χ0n) is 14.4. The highest BCUT2D eigenvalue weighted by molar-refractivity contribution is 5.98. The van der Waals surface area contributed by atoms with E-state index in [0.717, 1.165) is 19.3 Å². The van der Waals surface area contributed by atoms with Gasteiger partial charge in [0.1, 0.15) is 0 Å². The van der Waals surface area contributed by atoms with Crippen molar-refractivity contribution in [2.45, 2.75) is 50.3 Å². The van der Waals surface area contributed by atoms with E-state index in [0.29, 0.717) is 35.7 Å². The average Bonchev–Trinajstić information content (AvgIpc) is 2.58. The molecule has 3 atom stereocenters. The van der Waals surface area contributed by atoms with Crippen molar-refractivity contribution in [1.82, 2.24) is 4.90 Å². The molecule has 24 heavy (non-hydrogen) atoms. The highest BCUT2D eigenvalue weighted by Crippen LogP contribution is 2.42. The molecule has 1 aromatic rings. The second kappa shape index (κ2) is 6.89. The molecule has 2 fully saturated rings. The molecular formula is C18H25NO5. The molecule has 0 aromatic heterocycles. The highest BCUT2D eigenvalue weighted by Gasteiger charge is 2.41. The third kappa shape index (κ3) is 2.79. The van der Waals surface area contributed by atoms with Crippen molar-refractivity contribution in [1.29, 1.82) is 0 Å². The number of nitrogens with zero attached hydrogens (tertiary/aromatic N) is 1. The lowest BCUT2D eigenvalue weighted by Gasteiger charge is -2.47. The minimum atomic E-state index is -0.309. The summed E-state index contributed by atoms with van der Waals surface area (Å²) < 4.78 is 16.1. The van der Waals surface area contributed by atoms with Gasteiger partial charge in [-0.15, -0.1) is 0 Å². The number of amides is 1. The molecule has 6 nitrogen and oxygen atoms in total. The quantitative estimate of drug-likeness (QED) is 0.914. The predicted molar refractivity (Wildman–Crippen MR) is 88.9 cm³/mol. The van der Waals surface area contributed by atoms with Crippen LogP contribution in [0.2, 0.25) is 0 Å². The van der Waals surface area contributed by atoms with E-state index in [9.17, 15) is 9.90 Å². The number of rotatable bonds is 4. The molecule has 0 spiro atoms. The van der Waals surface area contributed by atoms with E-state index in [4.69, 9.17) is 14.2 Å². The van der Waals surface area contributed by atoms with Gasteiger partial charge in [0.25, 0.3) is 5.91 Å². The summed E-state index contributed by atoms with van der Waals surface area (Å²) in [5.41, 5.74) is 0.475. The Morgan fingerprint density at radius 3 is 2.21 bits per heavy atom. The molecule has 1 aromatic carbocycles. The van der Waals surface area contributed by atoms with Gasteiger partial charge >= 0.3 is 0 Å². The van der Waals surface area contributed by atoms with E-state index in [2.05, 4.69) is 0 Å². The number of hydrogen-bond acceptors (Lipinski definition) is 5.